The highest BCUT2D eigenvalue weighted by atomic mass is 16.6. The van der Waals surface area contributed by atoms with Crippen LogP contribution in [0, 0.1) is 0 Å². The lowest BCUT2D eigenvalue weighted by Crippen LogP contribution is -2.31. The number of hydrogen-bond acceptors (Lipinski definition) is 8. The second-order valence-electron chi connectivity index (χ2n) is 10.2. The maximum absolute atomic E-state index is 12.0. The molecular formula is C38H34O8. The van der Waals surface area contributed by atoms with Gasteiger partial charge in [0.25, 0.3) is 0 Å². The maximum atomic E-state index is 12.0. The van der Waals surface area contributed by atoms with Gasteiger partial charge in [0.2, 0.25) is 0 Å². The molecule has 0 saturated carbocycles. The summed E-state index contributed by atoms with van der Waals surface area (Å²) in [5.74, 6) is 1.28. The zero-order chi connectivity index (χ0) is 32.1. The lowest BCUT2D eigenvalue weighted by Gasteiger charge is -2.20. The topological polar surface area (TPSA) is 89.5 Å². The second-order valence-corrected chi connectivity index (χ2v) is 10.2. The molecule has 0 aliphatic carbocycles. The van der Waals surface area contributed by atoms with Gasteiger partial charge in [0.05, 0.1) is 0 Å². The Balaban J connectivity index is 1.16. The third-order valence-electron chi connectivity index (χ3n) is 6.94. The van der Waals surface area contributed by atoms with Crippen molar-refractivity contribution in [1.82, 2.24) is 0 Å². The molecule has 0 fully saturated rings. The van der Waals surface area contributed by atoms with Crippen molar-refractivity contribution in [2.75, 3.05) is 26.4 Å². The van der Waals surface area contributed by atoms with Gasteiger partial charge in [-0.2, -0.15) is 0 Å². The highest BCUT2D eigenvalue weighted by Crippen LogP contribution is 2.27. The largest absolute Gasteiger partial charge is 0.490 e. The molecule has 5 rings (SSSR count). The molecule has 2 atom stereocenters. The van der Waals surface area contributed by atoms with Crippen molar-refractivity contribution in [2.45, 2.75) is 12.2 Å². The molecule has 8 nitrogen and oxygen atoms in total. The molecular weight excluding hydrogens is 584 g/mol. The summed E-state index contributed by atoms with van der Waals surface area (Å²) >= 11 is 0. The Morgan fingerprint density at radius 2 is 0.870 bits per heavy atom. The monoisotopic (exact) mass is 618 g/mol. The van der Waals surface area contributed by atoms with E-state index in [0.717, 1.165) is 33.7 Å². The first-order valence-electron chi connectivity index (χ1n) is 14.8. The van der Waals surface area contributed by atoms with Crippen molar-refractivity contribution in [3.05, 3.63) is 135 Å². The van der Waals surface area contributed by atoms with Gasteiger partial charge in [0.1, 0.15) is 49.4 Å². The van der Waals surface area contributed by atoms with Crippen molar-refractivity contribution >= 4 is 33.5 Å². The number of carbonyl (C=O) groups is 2. The summed E-state index contributed by atoms with van der Waals surface area (Å²) in [4.78, 5) is 24.0. The summed E-state index contributed by atoms with van der Waals surface area (Å²) in [6.07, 6.45) is 0.817. The fourth-order valence-electron chi connectivity index (χ4n) is 4.68. The summed E-state index contributed by atoms with van der Waals surface area (Å²) in [5.41, 5.74) is 0. The summed E-state index contributed by atoms with van der Waals surface area (Å²) in [5, 5.41) is 4.00. The minimum absolute atomic E-state index is 0.0512. The third-order valence-corrected chi connectivity index (χ3v) is 6.94. The van der Waals surface area contributed by atoms with Crippen LogP contribution < -0.4 is 18.9 Å². The first-order valence-corrected chi connectivity index (χ1v) is 14.8. The quantitative estimate of drug-likeness (QED) is 0.0855. The van der Waals surface area contributed by atoms with Crippen LogP contribution in [0.1, 0.15) is 0 Å². The van der Waals surface area contributed by atoms with Crippen LogP contribution in [0.4, 0.5) is 0 Å². The second kappa shape index (κ2) is 15.8. The van der Waals surface area contributed by atoms with Crippen LogP contribution in [0.15, 0.2) is 135 Å². The van der Waals surface area contributed by atoms with Gasteiger partial charge in [-0.3, -0.25) is 0 Å². The summed E-state index contributed by atoms with van der Waals surface area (Å²) in [6, 6.07) is 34.2. The number of benzene rings is 5. The molecule has 0 N–H and O–H groups in total. The Labute approximate surface area is 267 Å². The lowest BCUT2D eigenvalue weighted by molar-refractivity contribution is -0.147. The smallest absolute Gasteiger partial charge is 0.330 e. The molecule has 8 heteroatoms. The van der Waals surface area contributed by atoms with Gasteiger partial charge in [-0.1, -0.05) is 86.0 Å². The third kappa shape index (κ3) is 8.66. The summed E-state index contributed by atoms with van der Waals surface area (Å²) in [6.45, 7) is 7.23. The number of carbonyl (C=O) groups excluding carboxylic acids is 2. The lowest BCUT2D eigenvalue weighted by atomic mass is 10.1. The Kier molecular flexibility index (Phi) is 10.9. The van der Waals surface area contributed by atoms with Crippen LogP contribution in [0.2, 0.25) is 0 Å². The Hall–Kier alpha value is -5.76. The number of hydrogen-bond donors (Lipinski definition) is 0. The number of fused-ring (bicyclic) bond motifs is 2. The van der Waals surface area contributed by atoms with E-state index in [4.69, 9.17) is 28.4 Å². The molecule has 234 valence electrons. The van der Waals surface area contributed by atoms with E-state index in [1.807, 2.05) is 84.9 Å². The zero-order valence-corrected chi connectivity index (χ0v) is 25.2. The average molecular weight is 619 g/mol. The summed E-state index contributed by atoms with van der Waals surface area (Å²) in [7, 11) is 0. The molecule has 0 aliphatic heterocycles. The van der Waals surface area contributed by atoms with Crippen LogP contribution in [0.5, 0.6) is 23.0 Å². The molecule has 2 unspecified atom stereocenters. The molecule has 0 heterocycles. The molecule has 0 bridgehead atoms. The minimum Gasteiger partial charge on any atom is -0.490 e. The van der Waals surface area contributed by atoms with Crippen LogP contribution >= 0.6 is 0 Å². The van der Waals surface area contributed by atoms with Crippen LogP contribution in [-0.2, 0) is 19.1 Å². The highest BCUT2D eigenvalue weighted by molar-refractivity contribution is 5.89. The Bertz CT molecular complexity index is 1650. The van der Waals surface area contributed by atoms with E-state index in [1.54, 1.807) is 24.3 Å². The van der Waals surface area contributed by atoms with Gasteiger partial charge in [-0.15, -0.1) is 0 Å². The number of ether oxygens (including phenoxy) is 6. The molecule has 0 amide bonds. The van der Waals surface area contributed by atoms with E-state index in [1.165, 1.54) is 0 Å². The first-order chi connectivity index (χ1) is 22.5. The van der Waals surface area contributed by atoms with E-state index in [9.17, 15) is 9.59 Å². The van der Waals surface area contributed by atoms with E-state index < -0.39 is 24.1 Å². The number of esters is 2. The first kappa shape index (κ1) is 31.7. The van der Waals surface area contributed by atoms with Gasteiger partial charge in [-0.05, 0) is 47.2 Å². The maximum Gasteiger partial charge on any atom is 0.330 e. The molecule has 5 aromatic rings. The van der Waals surface area contributed by atoms with Crippen molar-refractivity contribution in [3.8, 4) is 23.0 Å². The van der Waals surface area contributed by atoms with Crippen molar-refractivity contribution in [3.63, 3.8) is 0 Å². The van der Waals surface area contributed by atoms with E-state index in [-0.39, 0.29) is 26.4 Å². The van der Waals surface area contributed by atoms with Gasteiger partial charge in [0, 0.05) is 22.9 Å². The van der Waals surface area contributed by atoms with Crippen LogP contribution in [0.25, 0.3) is 21.5 Å². The Morgan fingerprint density at radius 1 is 0.500 bits per heavy atom. The number of rotatable bonds is 16. The molecule has 0 saturated heterocycles. The van der Waals surface area contributed by atoms with E-state index in [2.05, 4.69) is 13.2 Å². The van der Waals surface area contributed by atoms with Crippen molar-refractivity contribution < 1.29 is 38.0 Å². The average Bonchev–Trinajstić information content (AvgIpc) is 3.10. The molecule has 46 heavy (non-hydrogen) atoms. The minimum atomic E-state index is -0.692. The molecule has 5 aromatic carbocycles. The summed E-state index contributed by atoms with van der Waals surface area (Å²) < 4.78 is 34.8. The SMILES string of the molecule is C=CC(=O)OC(COc1ccc(OCC(COc2cccc3ccccc23)OC(=O)C=C)cc1)COc1cccc2ccccc12. The molecule has 0 aromatic heterocycles. The normalized spacial score (nSPS) is 12.0. The van der Waals surface area contributed by atoms with E-state index >= 15 is 0 Å². The van der Waals surface area contributed by atoms with Crippen LogP contribution in [-0.4, -0.2) is 50.6 Å². The fraction of sp³-hybridized carbons (Fsp3) is 0.158. The van der Waals surface area contributed by atoms with Gasteiger partial charge in [-0.25, -0.2) is 9.59 Å². The molecule has 0 spiro atoms. The predicted octanol–water partition coefficient (Wildman–Crippen LogP) is 7.10. The fourth-order valence-corrected chi connectivity index (χ4v) is 4.68. The standard InChI is InChI=1S/C38H34O8/c1-3-37(39)45-31(25-43-35-17-9-13-27-11-5-7-15-33(27)35)23-41-29-19-21-30(22-20-29)42-24-32(46-38(40)4-2)26-44-36-18-10-14-28-12-6-8-16-34(28)36/h3-22,31-32H,1-2,23-26H2. The van der Waals surface area contributed by atoms with Gasteiger partial charge < -0.3 is 28.4 Å². The highest BCUT2D eigenvalue weighted by Gasteiger charge is 2.18. The van der Waals surface area contributed by atoms with Crippen molar-refractivity contribution in [2.24, 2.45) is 0 Å². The Morgan fingerprint density at radius 3 is 1.28 bits per heavy atom. The zero-order valence-electron chi connectivity index (χ0n) is 25.2. The molecule has 0 aliphatic rings. The van der Waals surface area contributed by atoms with Gasteiger partial charge in [0.15, 0.2) is 12.2 Å². The van der Waals surface area contributed by atoms with Crippen LogP contribution in [0.3, 0.4) is 0 Å². The molecule has 0 radical (unpaired) electrons. The van der Waals surface area contributed by atoms with E-state index in [0.29, 0.717) is 23.0 Å². The van der Waals surface area contributed by atoms with Gasteiger partial charge >= 0.3 is 11.9 Å². The predicted molar refractivity (Wildman–Crippen MR) is 176 cm³/mol. The van der Waals surface area contributed by atoms with Crippen molar-refractivity contribution in [1.29, 1.82) is 0 Å².